The fourth-order valence-corrected chi connectivity index (χ4v) is 3.73. The summed E-state index contributed by atoms with van der Waals surface area (Å²) >= 11 is 1.76. The van der Waals surface area contributed by atoms with Gasteiger partial charge in [-0.25, -0.2) is 0 Å². The minimum atomic E-state index is 0.864. The molecule has 0 fully saturated rings. The monoisotopic (exact) mass is 318 g/mol. The summed E-state index contributed by atoms with van der Waals surface area (Å²) in [5, 5.41) is 2.36. The average molecular weight is 319 g/mol. The number of ether oxygens (including phenoxy) is 1. The first-order chi connectivity index (χ1) is 10.9. The summed E-state index contributed by atoms with van der Waals surface area (Å²) in [7, 11) is 0. The summed E-state index contributed by atoms with van der Waals surface area (Å²) in [6, 6.07) is 10.6. The van der Waals surface area contributed by atoms with E-state index in [2.05, 4.69) is 37.3 Å². The Morgan fingerprint density at radius 3 is 2.14 bits per heavy atom. The van der Waals surface area contributed by atoms with Crippen LogP contribution in [0, 0.1) is 0 Å². The molecule has 0 unspecified atom stereocenters. The number of hydrogen-bond donors (Lipinski definition) is 0. The Hall–Kier alpha value is -1.02. The molecule has 0 spiro atoms. The number of hydrogen-bond acceptors (Lipinski definition) is 2. The Labute approximate surface area is 139 Å². The zero-order valence-electron chi connectivity index (χ0n) is 14.0. The maximum Gasteiger partial charge on any atom is 0.174 e. The Balaban J connectivity index is 1.46. The second-order valence-electron chi connectivity index (χ2n) is 6.13. The van der Waals surface area contributed by atoms with E-state index in [1.54, 1.807) is 11.3 Å². The van der Waals surface area contributed by atoms with Crippen molar-refractivity contribution in [2.24, 2.45) is 0 Å². The van der Waals surface area contributed by atoms with Crippen molar-refractivity contribution in [2.45, 2.75) is 71.1 Å². The van der Waals surface area contributed by atoms with Gasteiger partial charge in [0, 0.05) is 4.70 Å². The molecule has 0 saturated carbocycles. The average Bonchev–Trinajstić information content (AvgIpc) is 2.95. The Morgan fingerprint density at radius 1 is 0.818 bits per heavy atom. The summed E-state index contributed by atoms with van der Waals surface area (Å²) in [5.41, 5.74) is 0. The molecule has 1 nitrogen and oxygen atoms in total. The third kappa shape index (κ3) is 6.39. The van der Waals surface area contributed by atoms with Crippen molar-refractivity contribution in [3.8, 4) is 5.06 Å². The topological polar surface area (TPSA) is 9.23 Å². The molecule has 2 heteroatoms. The molecule has 0 saturated heterocycles. The van der Waals surface area contributed by atoms with Crippen LogP contribution >= 0.6 is 11.3 Å². The molecule has 0 radical (unpaired) electrons. The normalized spacial score (nSPS) is 11.1. The highest BCUT2D eigenvalue weighted by atomic mass is 32.1. The van der Waals surface area contributed by atoms with E-state index in [9.17, 15) is 0 Å². The number of benzene rings is 1. The maximum absolute atomic E-state index is 5.88. The third-order valence-corrected chi connectivity index (χ3v) is 5.17. The molecule has 22 heavy (non-hydrogen) atoms. The van der Waals surface area contributed by atoms with Gasteiger partial charge in [-0.05, 0) is 23.9 Å². The number of unbranched alkanes of at least 4 members (excludes halogenated alkanes) is 9. The van der Waals surface area contributed by atoms with E-state index in [0.717, 1.165) is 11.7 Å². The van der Waals surface area contributed by atoms with Gasteiger partial charge in [-0.1, -0.05) is 94.2 Å². The number of thiophene rings is 1. The van der Waals surface area contributed by atoms with Gasteiger partial charge >= 0.3 is 0 Å². The fraction of sp³-hybridized carbons (Fsp3) is 0.600. The van der Waals surface area contributed by atoms with Crippen LogP contribution in [-0.4, -0.2) is 6.61 Å². The largest absolute Gasteiger partial charge is 0.484 e. The van der Waals surface area contributed by atoms with E-state index >= 15 is 0 Å². The van der Waals surface area contributed by atoms with Gasteiger partial charge in [-0.15, -0.1) is 0 Å². The van der Waals surface area contributed by atoms with E-state index in [1.165, 1.54) is 74.3 Å². The highest BCUT2D eigenvalue weighted by Gasteiger charge is 2.01. The zero-order valence-corrected chi connectivity index (χ0v) is 14.8. The molecule has 0 atom stereocenters. The molecule has 1 heterocycles. The molecule has 0 amide bonds. The lowest BCUT2D eigenvalue weighted by atomic mass is 10.1. The molecule has 0 aliphatic heterocycles. The van der Waals surface area contributed by atoms with Crippen LogP contribution in [0.2, 0.25) is 0 Å². The molecule has 0 N–H and O–H groups in total. The van der Waals surface area contributed by atoms with Crippen LogP contribution in [-0.2, 0) is 0 Å². The van der Waals surface area contributed by atoms with Gasteiger partial charge in [-0.3, -0.25) is 0 Å². The van der Waals surface area contributed by atoms with E-state index in [-0.39, 0.29) is 0 Å². The van der Waals surface area contributed by atoms with Crippen molar-refractivity contribution in [3.63, 3.8) is 0 Å². The van der Waals surface area contributed by atoms with Crippen molar-refractivity contribution in [1.82, 2.24) is 0 Å². The molecule has 0 aliphatic carbocycles. The number of rotatable bonds is 12. The van der Waals surface area contributed by atoms with Crippen LogP contribution < -0.4 is 4.74 Å². The highest BCUT2D eigenvalue weighted by Crippen LogP contribution is 2.31. The quantitative estimate of drug-likeness (QED) is 0.376. The van der Waals surface area contributed by atoms with Gasteiger partial charge < -0.3 is 4.74 Å². The van der Waals surface area contributed by atoms with Crippen molar-refractivity contribution in [1.29, 1.82) is 0 Å². The molecule has 0 aliphatic rings. The van der Waals surface area contributed by atoms with Gasteiger partial charge in [-0.2, -0.15) is 0 Å². The van der Waals surface area contributed by atoms with Crippen molar-refractivity contribution in [2.75, 3.05) is 6.61 Å². The summed E-state index contributed by atoms with van der Waals surface area (Å²) < 4.78 is 7.20. The van der Waals surface area contributed by atoms with Crippen LogP contribution in [0.4, 0.5) is 0 Å². The number of fused-ring (bicyclic) bond motifs is 1. The molecular formula is C20H30OS. The molecular weight excluding hydrogens is 288 g/mol. The highest BCUT2D eigenvalue weighted by molar-refractivity contribution is 7.20. The minimum absolute atomic E-state index is 0.864. The fourth-order valence-electron chi connectivity index (χ4n) is 2.79. The first-order valence-corrected chi connectivity index (χ1v) is 9.83. The smallest absolute Gasteiger partial charge is 0.174 e. The lowest BCUT2D eigenvalue weighted by molar-refractivity contribution is 0.313. The second-order valence-corrected chi connectivity index (χ2v) is 7.18. The molecule has 1 aromatic carbocycles. The van der Waals surface area contributed by atoms with E-state index in [1.807, 2.05) is 0 Å². The van der Waals surface area contributed by atoms with Crippen LogP contribution in [0.15, 0.2) is 30.3 Å². The summed E-state index contributed by atoms with van der Waals surface area (Å²) in [4.78, 5) is 0. The van der Waals surface area contributed by atoms with E-state index < -0.39 is 0 Å². The third-order valence-electron chi connectivity index (χ3n) is 4.15. The van der Waals surface area contributed by atoms with Crippen LogP contribution in [0.1, 0.15) is 71.1 Å². The summed E-state index contributed by atoms with van der Waals surface area (Å²) in [6.07, 6.45) is 13.7. The van der Waals surface area contributed by atoms with Gasteiger partial charge in [0.25, 0.3) is 0 Å². The molecule has 2 aromatic rings. The lowest BCUT2D eigenvalue weighted by Gasteiger charge is -2.04. The van der Waals surface area contributed by atoms with Gasteiger partial charge in [0.05, 0.1) is 6.61 Å². The first-order valence-electron chi connectivity index (χ1n) is 9.01. The first kappa shape index (κ1) is 17.3. The second kappa shape index (κ2) is 10.7. The van der Waals surface area contributed by atoms with E-state index in [0.29, 0.717) is 0 Å². The summed E-state index contributed by atoms with van der Waals surface area (Å²) in [6.45, 7) is 3.14. The predicted octanol–water partition coefficient (Wildman–Crippen LogP) is 7.20. The van der Waals surface area contributed by atoms with Gasteiger partial charge in [0.15, 0.2) is 5.06 Å². The van der Waals surface area contributed by atoms with E-state index in [4.69, 9.17) is 4.74 Å². The molecule has 2 rings (SSSR count). The Morgan fingerprint density at radius 2 is 1.45 bits per heavy atom. The van der Waals surface area contributed by atoms with Crippen LogP contribution in [0.25, 0.3) is 10.1 Å². The van der Waals surface area contributed by atoms with Crippen molar-refractivity contribution >= 4 is 21.4 Å². The predicted molar refractivity (Wildman–Crippen MR) is 99.2 cm³/mol. The Kier molecular flexibility index (Phi) is 8.40. The molecule has 0 bridgehead atoms. The maximum atomic E-state index is 5.88. The molecule has 122 valence electrons. The van der Waals surface area contributed by atoms with Crippen LogP contribution in [0.5, 0.6) is 5.06 Å². The minimum Gasteiger partial charge on any atom is -0.484 e. The van der Waals surface area contributed by atoms with Gasteiger partial charge in [0.2, 0.25) is 0 Å². The van der Waals surface area contributed by atoms with Crippen LogP contribution in [0.3, 0.4) is 0 Å². The molecule has 1 aromatic heterocycles. The SMILES string of the molecule is CCCCCCCCCCCCOc1cc2ccccc2s1. The van der Waals surface area contributed by atoms with Crippen molar-refractivity contribution < 1.29 is 4.74 Å². The lowest BCUT2D eigenvalue weighted by Crippen LogP contribution is -1.95. The summed E-state index contributed by atoms with van der Waals surface area (Å²) in [5.74, 6) is 0. The Bertz CT molecular complexity index is 484. The standard InChI is InChI=1S/C20H30OS/c1-2-3-4-5-6-7-8-9-10-13-16-21-20-17-18-14-11-12-15-19(18)22-20/h11-12,14-15,17H,2-10,13,16H2,1H3. The van der Waals surface area contributed by atoms with Crippen molar-refractivity contribution in [3.05, 3.63) is 30.3 Å². The zero-order chi connectivity index (χ0) is 15.5. The van der Waals surface area contributed by atoms with Gasteiger partial charge in [0.1, 0.15) is 0 Å².